The third-order valence-corrected chi connectivity index (χ3v) is 4.94. The van der Waals surface area contributed by atoms with Crippen molar-refractivity contribution in [2.75, 3.05) is 7.05 Å². The molecule has 3 aromatic rings. The van der Waals surface area contributed by atoms with Crippen LogP contribution < -0.4 is 10.6 Å². The van der Waals surface area contributed by atoms with Crippen LogP contribution in [0.4, 0.5) is 0 Å². The van der Waals surface area contributed by atoms with Crippen molar-refractivity contribution >= 4 is 5.96 Å². The lowest BCUT2D eigenvalue weighted by Gasteiger charge is -2.25. The maximum absolute atomic E-state index is 4.49. The van der Waals surface area contributed by atoms with Gasteiger partial charge in [0.05, 0.1) is 13.1 Å². The van der Waals surface area contributed by atoms with Gasteiger partial charge >= 0.3 is 0 Å². The van der Waals surface area contributed by atoms with E-state index in [1.165, 1.54) is 5.56 Å². The van der Waals surface area contributed by atoms with Gasteiger partial charge in [-0.15, -0.1) is 0 Å². The van der Waals surface area contributed by atoms with E-state index in [-0.39, 0.29) is 6.04 Å². The fourth-order valence-electron chi connectivity index (χ4n) is 3.53. The van der Waals surface area contributed by atoms with Crippen molar-refractivity contribution in [2.24, 2.45) is 4.99 Å². The minimum Gasteiger partial charge on any atom is -0.352 e. The summed E-state index contributed by atoms with van der Waals surface area (Å²) in [7, 11) is 1.79. The molecule has 0 radical (unpaired) electrons. The highest BCUT2D eigenvalue weighted by Crippen LogP contribution is 2.13. The lowest BCUT2D eigenvalue weighted by Crippen LogP contribution is -2.47. The summed E-state index contributed by atoms with van der Waals surface area (Å²) in [5, 5.41) is 11.3. The topological polar surface area (TPSA) is 84.9 Å². The standard InChI is InChI=1S/C20H26N8/c1-15-24-18-9-8-17(14-28(18)26-15)25-20(21-2)23-12-19-22-10-11-27(19)13-16-6-4-3-5-7-16/h3-7,10-11,17H,8-9,12-14H2,1-2H3,(H2,21,23,25). The molecule has 0 aliphatic carbocycles. The van der Waals surface area contributed by atoms with E-state index in [9.17, 15) is 0 Å². The van der Waals surface area contributed by atoms with Gasteiger partial charge in [0.15, 0.2) is 5.96 Å². The molecular formula is C20H26N8. The second-order valence-electron chi connectivity index (χ2n) is 7.02. The molecular weight excluding hydrogens is 352 g/mol. The van der Waals surface area contributed by atoms with Gasteiger partial charge in [0.25, 0.3) is 0 Å². The smallest absolute Gasteiger partial charge is 0.191 e. The zero-order chi connectivity index (χ0) is 19.3. The van der Waals surface area contributed by atoms with E-state index in [1.807, 2.05) is 30.1 Å². The fourth-order valence-corrected chi connectivity index (χ4v) is 3.53. The monoisotopic (exact) mass is 378 g/mol. The summed E-state index contributed by atoms with van der Waals surface area (Å²) in [5.74, 6) is 3.66. The summed E-state index contributed by atoms with van der Waals surface area (Å²) >= 11 is 0. The molecule has 1 aliphatic heterocycles. The molecule has 0 bridgehead atoms. The molecule has 0 amide bonds. The molecule has 2 aromatic heterocycles. The highest BCUT2D eigenvalue weighted by Gasteiger charge is 2.21. The molecule has 1 aromatic carbocycles. The molecule has 2 N–H and O–H groups in total. The maximum Gasteiger partial charge on any atom is 0.191 e. The second-order valence-corrected chi connectivity index (χ2v) is 7.02. The van der Waals surface area contributed by atoms with Crippen LogP contribution in [0.25, 0.3) is 0 Å². The van der Waals surface area contributed by atoms with Gasteiger partial charge in [-0.2, -0.15) is 5.10 Å². The van der Waals surface area contributed by atoms with E-state index in [0.717, 1.165) is 49.4 Å². The molecule has 0 spiro atoms. The van der Waals surface area contributed by atoms with E-state index >= 15 is 0 Å². The van der Waals surface area contributed by atoms with Gasteiger partial charge in [-0.1, -0.05) is 30.3 Å². The molecule has 0 fully saturated rings. The molecule has 146 valence electrons. The highest BCUT2D eigenvalue weighted by molar-refractivity contribution is 5.79. The first-order valence-corrected chi connectivity index (χ1v) is 9.62. The fraction of sp³-hybridized carbons (Fsp3) is 0.400. The molecule has 1 aliphatic rings. The van der Waals surface area contributed by atoms with E-state index in [1.54, 1.807) is 7.05 Å². The zero-order valence-electron chi connectivity index (χ0n) is 16.3. The number of nitrogens with one attached hydrogen (secondary N) is 2. The quantitative estimate of drug-likeness (QED) is 0.519. The van der Waals surface area contributed by atoms with Gasteiger partial charge in [-0.25, -0.2) is 14.6 Å². The lowest BCUT2D eigenvalue weighted by molar-refractivity contribution is 0.392. The van der Waals surface area contributed by atoms with Crippen molar-refractivity contribution in [1.29, 1.82) is 0 Å². The van der Waals surface area contributed by atoms with E-state index < -0.39 is 0 Å². The van der Waals surface area contributed by atoms with Crippen molar-refractivity contribution in [1.82, 2.24) is 34.9 Å². The van der Waals surface area contributed by atoms with Crippen LogP contribution in [0.5, 0.6) is 0 Å². The van der Waals surface area contributed by atoms with Gasteiger partial charge in [0, 0.05) is 38.4 Å². The van der Waals surface area contributed by atoms with Crippen LogP contribution in [0, 0.1) is 6.92 Å². The van der Waals surface area contributed by atoms with Crippen molar-refractivity contribution in [3.8, 4) is 0 Å². The maximum atomic E-state index is 4.49. The first-order chi connectivity index (χ1) is 13.7. The Hall–Kier alpha value is -3.16. The number of fused-ring (bicyclic) bond motifs is 1. The summed E-state index contributed by atoms with van der Waals surface area (Å²) in [6, 6.07) is 10.7. The Kier molecular flexibility index (Phi) is 5.36. The van der Waals surface area contributed by atoms with Crippen LogP contribution in [-0.2, 0) is 26.1 Å². The number of benzene rings is 1. The first kappa shape index (κ1) is 18.2. The summed E-state index contributed by atoms with van der Waals surface area (Å²) < 4.78 is 4.15. The predicted molar refractivity (Wildman–Crippen MR) is 108 cm³/mol. The number of hydrogen-bond donors (Lipinski definition) is 2. The summed E-state index contributed by atoms with van der Waals surface area (Å²) in [6.07, 6.45) is 5.79. The SMILES string of the molecule is CN=C(NCc1nccn1Cc1ccccc1)NC1CCc2nc(C)nn2C1. The molecule has 1 unspecified atom stereocenters. The normalized spacial score (nSPS) is 16.6. The lowest BCUT2D eigenvalue weighted by atomic mass is 10.1. The van der Waals surface area contributed by atoms with Crippen molar-refractivity contribution in [3.05, 3.63) is 65.8 Å². The highest BCUT2D eigenvalue weighted by atomic mass is 15.4. The molecule has 28 heavy (non-hydrogen) atoms. The number of hydrogen-bond acceptors (Lipinski definition) is 4. The number of aryl methyl sites for hydroxylation is 2. The van der Waals surface area contributed by atoms with E-state index in [4.69, 9.17) is 0 Å². The van der Waals surface area contributed by atoms with Crippen molar-refractivity contribution < 1.29 is 0 Å². The third-order valence-electron chi connectivity index (χ3n) is 4.94. The number of nitrogens with zero attached hydrogens (tertiary/aromatic N) is 6. The Bertz CT molecular complexity index is 940. The van der Waals surface area contributed by atoms with Gasteiger partial charge in [0.2, 0.25) is 0 Å². The number of aliphatic imine (C=N–C) groups is 1. The number of rotatable bonds is 5. The first-order valence-electron chi connectivity index (χ1n) is 9.62. The Morgan fingerprint density at radius 2 is 2.14 bits per heavy atom. The minimum atomic E-state index is 0.281. The van der Waals surface area contributed by atoms with Crippen molar-refractivity contribution in [2.45, 2.75) is 45.4 Å². The zero-order valence-corrected chi connectivity index (χ0v) is 16.3. The van der Waals surface area contributed by atoms with Gasteiger partial charge in [-0.05, 0) is 18.9 Å². The van der Waals surface area contributed by atoms with E-state index in [0.29, 0.717) is 6.54 Å². The van der Waals surface area contributed by atoms with Crippen molar-refractivity contribution in [3.63, 3.8) is 0 Å². The second kappa shape index (κ2) is 8.24. The molecule has 1 atom stereocenters. The third kappa shape index (κ3) is 4.21. The average Bonchev–Trinajstić information content (AvgIpc) is 3.30. The molecule has 0 saturated heterocycles. The van der Waals surface area contributed by atoms with Crippen LogP contribution in [0.2, 0.25) is 0 Å². The average molecular weight is 378 g/mol. The Morgan fingerprint density at radius 3 is 2.96 bits per heavy atom. The molecule has 4 rings (SSSR count). The van der Waals surface area contributed by atoms with Gasteiger partial charge in [0.1, 0.15) is 17.5 Å². The summed E-state index contributed by atoms with van der Waals surface area (Å²) in [4.78, 5) is 13.3. The summed E-state index contributed by atoms with van der Waals surface area (Å²) in [6.45, 7) is 4.16. The Balaban J connectivity index is 1.34. The van der Waals surface area contributed by atoms with Crippen LogP contribution in [0.3, 0.4) is 0 Å². The molecule has 8 heteroatoms. The summed E-state index contributed by atoms with van der Waals surface area (Å²) in [5.41, 5.74) is 1.25. The van der Waals surface area contributed by atoms with Crippen LogP contribution in [0.1, 0.15) is 29.5 Å². The molecule has 3 heterocycles. The Morgan fingerprint density at radius 1 is 1.29 bits per heavy atom. The Labute approximate surface area is 164 Å². The number of aromatic nitrogens is 5. The molecule has 0 saturated carbocycles. The van der Waals surface area contributed by atoms with Gasteiger partial charge < -0.3 is 15.2 Å². The number of guanidine groups is 1. The van der Waals surface area contributed by atoms with Crippen LogP contribution >= 0.6 is 0 Å². The van der Waals surface area contributed by atoms with Gasteiger partial charge in [-0.3, -0.25) is 4.99 Å². The van der Waals surface area contributed by atoms with Crippen LogP contribution in [0.15, 0.2) is 47.7 Å². The molecule has 8 nitrogen and oxygen atoms in total. The minimum absolute atomic E-state index is 0.281. The number of imidazole rings is 1. The predicted octanol–water partition coefficient (Wildman–Crippen LogP) is 1.51. The van der Waals surface area contributed by atoms with E-state index in [2.05, 4.69) is 59.5 Å². The van der Waals surface area contributed by atoms with Crippen LogP contribution in [-0.4, -0.2) is 43.4 Å². The largest absolute Gasteiger partial charge is 0.352 e.